The monoisotopic (exact) mass is 758 g/mol. The summed E-state index contributed by atoms with van der Waals surface area (Å²) in [7, 11) is 1.61. The smallest absolute Gasteiger partial charge is 0.475 e. The van der Waals surface area contributed by atoms with E-state index in [-0.39, 0.29) is 44.6 Å². The number of alkyl halides is 3. The van der Waals surface area contributed by atoms with Crippen molar-refractivity contribution in [2.24, 2.45) is 17.4 Å². The number of hydrogen-bond donors (Lipinski definition) is 7. The Labute approximate surface area is 310 Å². The lowest BCUT2D eigenvalue weighted by atomic mass is 9.98. The summed E-state index contributed by atoms with van der Waals surface area (Å²) >= 11 is 0. The van der Waals surface area contributed by atoms with Gasteiger partial charge in [0.15, 0.2) is 0 Å². The molecule has 0 bridgehead atoms. The van der Waals surface area contributed by atoms with Crippen molar-refractivity contribution in [1.29, 1.82) is 0 Å². The first-order valence-electron chi connectivity index (χ1n) is 16.9. The van der Waals surface area contributed by atoms with Gasteiger partial charge in [0.2, 0.25) is 11.8 Å². The molecule has 3 aromatic carbocycles. The molecule has 0 saturated carbocycles. The van der Waals surface area contributed by atoms with E-state index in [0.717, 1.165) is 22.3 Å². The van der Waals surface area contributed by atoms with E-state index in [1.807, 2.05) is 24.3 Å². The second kappa shape index (κ2) is 19.4. The van der Waals surface area contributed by atoms with Crippen molar-refractivity contribution >= 4 is 35.6 Å². The molecule has 5 amide bonds. The molecule has 0 saturated heterocycles. The lowest BCUT2D eigenvalue weighted by Crippen LogP contribution is -2.51. The van der Waals surface area contributed by atoms with E-state index in [1.165, 1.54) is 4.90 Å². The van der Waals surface area contributed by atoms with Crippen LogP contribution in [0.3, 0.4) is 0 Å². The van der Waals surface area contributed by atoms with Gasteiger partial charge in [-0.3, -0.25) is 9.59 Å². The van der Waals surface area contributed by atoms with Crippen molar-refractivity contribution < 1.29 is 52.1 Å². The standard InChI is InChI=1S/C35H44N6O6.C2HF3O2/c1-21(2)31(36)33(44)40-30(13-8-16-38-34(37)45)32(43)39-24-15-14-22(19-42)23(17-24)18-41(3)35(46)47-20-29-27-11-6-4-9-25(27)26-10-5-7-12-28(26)29;3-2(4,5)1(6)7/h4-7,9-12,14-15,17,21,29-31,42H,8,13,16,18-20,36H2,1-3H3,(H,39,43)(H,40,44)(H3,37,38,45);(H,6,7)/t30-,31-;/m0./s1. The number of carbonyl (C=O) groups excluding carboxylic acids is 4. The topological polar surface area (TPSA) is 226 Å². The summed E-state index contributed by atoms with van der Waals surface area (Å²) in [5.41, 5.74) is 17.2. The molecule has 1 aliphatic carbocycles. The van der Waals surface area contributed by atoms with Crippen LogP contribution >= 0.6 is 0 Å². The van der Waals surface area contributed by atoms with Gasteiger partial charge in [0.1, 0.15) is 12.6 Å². The minimum absolute atomic E-state index is 0.0820. The molecule has 0 aliphatic heterocycles. The zero-order valence-electron chi connectivity index (χ0n) is 30.0. The van der Waals surface area contributed by atoms with Crippen molar-refractivity contribution in [2.75, 3.05) is 25.5 Å². The Morgan fingerprint density at radius 2 is 1.50 bits per heavy atom. The minimum Gasteiger partial charge on any atom is -0.475 e. The number of nitrogens with zero attached hydrogens (tertiary/aromatic N) is 1. The van der Waals surface area contributed by atoms with Crippen LogP contribution in [0, 0.1) is 5.92 Å². The molecule has 3 aromatic rings. The molecule has 0 aromatic heterocycles. The number of nitrogens with two attached hydrogens (primary N) is 2. The third-order valence-corrected chi connectivity index (χ3v) is 8.56. The zero-order chi connectivity index (χ0) is 40.2. The quantitative estimate of drug-likeness (QED) is 0.118. The number of aliphatic hydroxyl groups is 1. The summed E-state index contributed by atoms with van der Waals surface area (Å²) in [5, 5.41) is 25.1. The molecule has 1 aliphatic rings. The van der Waals surface area contributed by atoms with Crippen molar-refractivity contribution in [3.05, 3.63) is 89.0 Å². The maximum atomic E-state index is 13.3. The van der Waals surface area contributed by atoms with Gasteiger partial charge in [-0.1, -0.05) is 68.4 Å². The predicted molar refractivity (Wildman–Crippen MR) is 193 cm³/mol. The van der Waals surface area contributed by atoms with E-state index in [2.05, 4.69) is 40.2 Å². The zero-order valence-corrected chi connectivity index (χ0v) is 30.0. The van der Waals surface area contributed by atoms with Gasteiger partial charge < -0.3 is 47.3 Å². The number of urea groups is 1. The number of carbonyl (C=O) groups is 5. The first-order chi connectivity index (χ1) is 25.4. The number of carboxylic acid groups (broad SMARTS) is 1. The van der Waals surface area contributed by atoms with E-state index in [0.29, 0.717) is 23.2 Å². The molecular weight excluding hydrogens is 713 g/mol. The molecule has 2 atom stereocenters. The van der Waals surface area contributed by atoms with Gasteiger partial charge >= 0.3 is 24.3 Å². The highest BCUT2D eigenvalue weighted by Crippen LogP contribution is 2.44. The average molecular weight is 759 g/mol. The highest BCUT2D eigenvalue weighted by Gasteiger charge is 2.38. The summed E-state index contributed by atoms with van der Waals surface area (Å²) in [5.74, 6) is -3.93. The number of anilines is 1. The number of aliphatic carboxylic acids is 1. The number of ether oxygens (including phenoxy) is 1. The summed E-state index contributed by atoms with van der Waals surface area (Å²) in [4.78, 5) is 60.5. The van der Waals surface area contributed by atoms with Crippen LogP contribution in [0.4, 0.5) is 28.4 Å². The minimum atomic E-state index is -5.08. The number of rotatable bonds is 14. The Kier molecular flexibility index (Phi) is 15.4. The van der Waals surface area contributed by atoms with E-state index < -0.39 is 48.2 Å². The molecule has 0 radical (unpaired) electrons. The third-order valence-electron chi connectivity index (χ3n) is 8.56. The van der Waals surface area contributed by atoms with Crippen LogP contribution in [0.15, 0.2) is 66.7 Å². The van der Waals surface area contributed by atoms with Gasteiger partial charge in [-0.2, -0.15) is 13.2 Å². The predicted octanol–water partition coefficient (Wildman–Crippen LogP) is 4.05. The molecule has 4 rings (SSSR count). The van der Waals surface area contributed by atoms with Gasteiger partial charge in [-0.05, 0) is 64.3 Å². The highest BCUT2D eigenvalue weighted by atomic mass is 19.4. The molecule has 9 N–H and O–H groups in total. The normalized spacial score (nSPS) is 13.0. The van der Waals surface area contributed by atoms with E-state index in [9.17, 15) is 37.5 Å². The summed E-state index contributed by atoms with van der Waals surface area (Å²) in [6.45, 7) is 3.84. The van der Waals surface area contributed by atoms with Gasteiger partial charge in [0.05, 0.1) is 12.6 Å². The van der Waals surface area contributed by atoms with Crippen LogP contribution in [-0.4, -0.2) is 83.5 Å². The van der Waals surface area contributed by atoms with Crippen LogP contribution in [0.1, 0.15) is 54.9 Å². The van der Waals surface area contributed by atoms with Crippen molar-refractivity contribution in [2.45, 2.75) is 64.0 Å². The molecule has 292 valence electrons. The van der Waals surface area contributed by atoms with Crippen LogP contribution in [0.2, 0.25) is 0 Å². The number of nitrogens with one attached hydrogen (secondary N) is 3. The van der Waals surface area contributed by atoms with Crippen molar-refractivity contribution in [3.8, 4) is 11.1 Å². The van der Waals surface area contributed by atoms with Crippen LogP contribution < -0.4 is 27.4 Å². The van der Waals surface area contributed by atoms with Crippen LogP contribution in [0.5, 0.6) is 0 Å². The highest BCUT2D eigenvalue weighted by molar-refractivity contribution is 5.98. The number of primary amides is 1. The first-order valence-corrected chi connectivity index (χ1v) is 16.9. The fraction of sp³-hybridized carbons (Fsp3) is 0.378. The number of carboxylic acids is 1. The molecule has 14 nitrogen and oxygen atoms in total. The second-order valence-electron chi connectivity index (χ2n) is 12.9. The van der Waals surface area contributed by atoms with Gasteiger partial charge in [-0.25, -0.2) is 14.4 Å². The number of aliphatic hydroxyl groups excluding tert-OH is 1. The Morgan fingerprint density at radius 1 is 0.926 bits per heavy atom. The SMILES string of the molecule is CC(C)[C@H](N)C(=O)N[C@@H](CCCNC(N)=O)C(=O)Nc1ccc(CO)c(CN(C)C(=O)OCC2c3ccccc3-c3ccccc32)c1.O=C(O)C(F)(F)F. The Hall–Kier alpha value is -5.68. The second-order valence-corrected chi connectivity index (χ2v) is 12.9. The molecule has 0 heterocycles. The maximum Gasteiger partial charge on any atom is 0.490 e. The summed E-state index contributed by atoms with van der Waals surface area (Å²) in [6.07, 6.45) is -5.02. The average Bonchev–Trinajstić information content (AvgIpc) is 3.44. The fourth-order valence-corrected chi connectivity index (χ4v) is 5.62. The van der Waals surface area contributed by atoms with Crippen LogP contribution in [-0.2, 0) is 32.3 Å². The first kappa shape index (κ1) is 42.7. The Balaban J connectivity index is 0.00000102. The number of amides is 5. The number of benzene rings is 3. The molecule has 54 heavy (non-hydrogen) atoms. The third kappa shape index (κ3) is 11.9. The van der Waals surface area contributed by atoms with Gasteiger partial charge in [-0.15, -0.1) is 0 Å². The fourth-order valence-electron chi connectivity index (χ4n) is 5.62. The lowest BCUT2D eigenvalue weighted by molar-refractivity contribution is -0.192. The largest absolute Gasteiger partial charge is 0.490 e. The maximum absolute atomic E-state index is 13.3. The molecule has 17 heteroatoms. The van der Waals surface area contributed by atoms with E-state index in [1.54, 1.807) is 39.1 Å². The van der Waals surface area contributed by atoms with Crippen LogP contribution in [0.25, 0.3) is 11.1 Å². The van der Waals surface area contributed by atoms with Crippen molar-refractivity contribution in [1.82, 2.24) is 15.5 Å². The van der Waals surface area contributed by atoms with E-state index in [4.69, 9.17) is 26.1 Å². The number of hydrogen-bond acceptors (Lipinski definition) is 8. The Bertz CT molecular complexity index is 1760. The van der Waals surface area contributed by atoms with Gasteiger partial charge in [0.25, 0.3) is 0 Å². The van der Waals surface area contributed by atoms with Gasteiger partial charge in [0, 0.05) is 31.7 Å². The lowest BCUT2D eigenvalue weighted by Gasteiger charge is -2.23. The number of halogens is 3. The number of fused-ring (bicyclic) bond motifs is 3. The molecule has 0 spiro atoms. The summed E-state index contributed by atoms with van der Waals surface area (Å²) in [6, 6.07) is 18.7. The van der Waals surface area contributed by atoms with Crippen molar-refractivity contribution in [3.63, 3.8) is 0 Å². The summed E-state index contributed by atoms with van der Waals surface area (Å²) < 4.78 is 37.5. The molecule has 0 unspecified atom stereocenters. The Morgan fingerprint density at radius 3 is 2.02 bits per heavy atom. The molecule has 0 fully saturated rings. The van der Waals surface area contributed by atoms with E-state index >= 15 is 0 Å². The molecular formula is C37H45F3N6O8.